The standard InChI is InChI=1S/C20H14FN3O3S2/c21-13-8-9-16(17(10-13)24-29(26)27)19(25)23-20-22-18(11-28-20)15-7-3-5-12-4-1-2-6-14(12)15/h1-11,24H,(H,26,27)(H,22,23,25). The minimum atomic E-state index is -2.44. The molecule has 146 valence electrons. The number of carbonyl (C=O) groups is 1. The Morgan fingerprint density at radius 2 is 1.90 bits per heavy atom. The SMILES string of the molecule is O=C(Nc1nc(-c2cccc3ccccc23)cs1)c1ccc(F)cc1NS(=O)O. The van der Waals surface area contributed by atoms with E-state index in [0.717, 1.165) is 34.2 Å². The van der Waals surface area contributed by atoms with Crippen molar-refractivity contribution in [3.63, 3.8) is 0 Å². The van der Waals surface area contributed by atoms with E-state index in [1.54, 1.807) is 0 Å². The van der Waals surface area contributed by atoms with Crippen LogP contribution in [0.15, 0.2) is 66.0 Å². The van der Waals surface area contributed by atoms with Crippen molar-refractivity contribution >= 4 is 50.1 Å². The lowest BCUT2D eigenvalue weighted by Gasteiger charge is -2.09. The van der Waals surface area contributed by atoms with Crippen molar-refractivity contribution in [1.29, 1.82) is 0 Å². The van der Waals surface area contributed by atoms with E-state index in [1.165, 1.54) is 17.4 Å². The first-order valence-electron chi connectivity index (χ1n) is 8.43. The molecule has 0 saturated heterocycles. The van der Waals surface area contributed by atoms with Crippen molar-refractivity contribution in [2.75, 3.05) is 10.0 Å². The van der Waals surface area contributed by atoms with Gasteiger partial charge in [0.2, 0.25) is 0 Å². The maximum Gasteiger partial charge on any atom is 0.259 e. The lowest BCUT2D eigenvalue weighted by molar-refractivity contribution is 0.102. The monoisotopic (exact) mass is 427 g/mol. The van der Waals surface area contributed by atoms with Gasteiger partial charge in [0, 0.05) is 10.9 Å². The second-order valence-electron chi connectivity index (χ2n) is 6.06. The van der Waals surface area contributed by atoms with Crippen LogP contribution in [0.4, 0.5) is 15.2 Å². The van der Waals surface area contributed by atoms with Gasteiger partial charge in [0.15, 0.2) is 5.13 Å². The lowest BCUT2D eigenvalue weighted by atomic mass is 10.0. The smallest absolute Gasteiger partial charge is 0.259 e. The van der Waals surface area contributed by atoms with E-state index in [0.29, 0.717) is 5.13 Å². The molecule has 1 unspecified atom stereocenters. The number of thiazole rings is 1. The Kier molecular flexibility index (Phi) is 5.34. The van der Waals surface area contributed by atoms with Crippen LogP contribution in [0.5, 0.6) is 0 Å². The number of rotatable bonds is 5. The molecule has 0 fully saturated rings. The Balaban J connectivity index is 1.62. The van der Waals surface area contributed by atoms with Crippen LogP contribution in [0.25, 0.3) is 22.0 Å². The summed E-state index contributed by atoms with van der Waals surface area (Å²) in [6.07, 6.45) is 0. The molecule has 4 aromatic rings. The van der Waals surface area contributed by atoms with Gasteiger partial charge < -0.3 is 0 Å². The Morgan fingerprint density at radius 3 is 2.72 bits per heavy atom. The van der Waals surface area contributed by atoms with Crippen LogP contribution in [-0.2, 0) is 11.3 Å². The summed E-state index contributed by atoms with van der Waals surface area (Å²) < 4.78 is 35.6. The summed E-state index contributed by atoms with van der Waals surface area (Å²) in [7, 11) is 0. The average molecular weight is 427 g/mol. The summed E-state index contributed by atoms with van der Waals surface area (Å²) in [5.41, 5.74) is 1.60. The first-order valence-corrected chi connectivity index (χ1v) is 10.4. The third kappa shape index (κ3) is 4.16. The molecule has 0 spiro atoms. The number of amides is 1. The molecule has 1 atom stereocenters. The summed E-state index contributed by atoms with van der Waals surface area (Å²) in [6.45, 7) is 0. The summed E-state index contributed by atoms with van der Waals surface area (Å²) in [5, 5.41) is 6.99. The van der Waals surface area contributed by atoms with Crippen LogP contribution in [-0.4, -0.2) is 19.7 Å². The third-order valence-corrected chi connectivity index (χ3v) is 5.37. The highest BCUT2D eigenvalue weighted by atomic mass is 32.2. The van der Waals surface area contributed by atoms with Gasteiger partial charge in [-0.15, -0.1) is 11.3 Å². The summed E-state index contributed by atoms with van der Waals surface area (Å²) in [4.78, 5) is 17.1. The molecule has 3 aromatic carbocycles. The number of nitrogens with zero attached hydrogens (tertiary/aromatic N) is 1. The van der Waals surface area contributed by atoms with Crippen LogP contribution in [0.3, 0.4) is 0 Å². The first-order chi connectivity index (χ1) is 14.0. The van der Waals surface area contributed by atoms with E-state index in [1.807, 2.05) is 47.8 Å². The van der Waals surface area contributed by atoms with E-state index < -0.39 is 23.0 Å². The fourth-order valence-electron chi connectivity index (χ4n) is 2.96. The zero-order valence-corrected chi connectivity index (χ0v) is 16.4. The van der Waals surface area contributed by atoms with Crippen molar-refractivity contribution in [3.05, 3.63) is 77.4 Å². The van der Waals surface area contributed by atoms with E-state index in [2.05, 4.69) is 15.0 Å². The molecule has 1 amide bonds. The van der Waals surface area contributed by atoms with Crippen LogP contribution < -0.4 is 10.0 Å². The molecule has 0 aliphatic carbocycles. The number of halogens is 1. The highest BCUT2D eigenvalue weighted by molar-refractivity contribution is 7.80. The molecule has 1 heterocycles. The largest absolute Gasteiger partial charge is 0.298 e. The van der Waals surface area contributed by atoms with Gasteiger partial charge in [-0.3, -0.25) is 19.4 Å². The Labute approximate surface area is 171 Å². The number of hydrogen-bond acceptors (Lipinski definition) is 4. The fourth-order valence-corrected chi connectivity index (χ4v) is 4.02. The van der Waals surface area contributed by atoms with Gasteiger partial charge in [0.1, 0.15) is 5.82 Å². The fraction of sp³-hybridized carbons (Fsp3) is 0. The maximum absolute atomic E-state index is 13.4. The molecule has 3 N–H and O–H groups in total. The van der Waals surface area contributed by atoms with Gasteiger partial charge in [0.25, 0.3) is 17.2 Å². The van der Waals surface area contributed by atoms with E-state index in [4.69, 9.17) is 4.55 Å². The molecular formula is C20H14FN3O3S2. The lowest BCUT2D eigenvalue weighted by Crippen LogP contribution is -2.15. The zero-order valence-electron chi connectivity index (χ0n) is 14.8. The van der Waals surface area contributed by atoms with Crippen molar-refractivity contribution in [2.45, 2.75) is 0 Å². The van der Waals surface area contributed by atoms with Gasteiger partial charge in [-0.25, -0.2) is 13.6 Å². The molecule has 0 saturated carbocycles. The van der Waals surface area contributed by atoms with Gasteiger partial charge in [-0.1, -0.05) is 42.5 Å². The molecule has 0 aliphatic rings. The minimum absolute atomic E-state index is 0.0238. The zero-order chi connectivity index (χ0) is 20.4. The average Bonchev–Trinajstić information content (AvgIpc) is 3.15. The Morgan fingerprint density at radius 1 is 1.10 bits per heavy atom. The van der Waals surface area contributed by atoms with Crippen molar-refractivity contribution in [1.82, 2.24) is 4.98 Å². The van der Waals surface area contributed by atoms with Crippen LogP contribution in [0, 0.1) is 5.82 Å². The number of benzene rings is 3. The number of aromatic nitrogens is 1. The van der Waals surface area contributed by atoms with Crippen molar-refractivity contribution in [2.24, 2.45) is 0 Å². The second kappa shape index (κ2) is 8.08. The third-order valence-electron chi connectivity index (χ3n) is 4.21. The highest BCUT2D eigenvalue weighted by Crippen LogP contribution is 2.31. The number of carbonyl (C=O) groups excluding carboxylic acids is 1. The minimum Gasteiger partial charge on any atom is -0.298 e. The first kappa shape index (κ1) is 19.2. The van der Waals surface area contributed by atoms with E-state index >= 15 is 0 Å². The Bertz CT molecular complexity index is 1240. The summed E-state index contributed by atoms with van der Waals surface area (Å²) in [6, 6.07) is 17.2. The number of fused-ring (bicyclic) bond motifs is 1. The number of nitrogens with one attached hydrogen (secondary N) is 2. The van der Waals surface area contributed by atoms with Gasteiger partial charge in [-0.05, 0) is 29.0 Å². The predicted octanol–water partition coefficient (Wildman–Crippen LogP) is 4.90. The number of anilines is 2. The highest BCUT2D eigenvalue weighted by Gasteiger charge is 2.16. The second-order valence-corrected chi connectivity index (χ2v) is 7.62. The molecule has 0 radical (unpaired) electrons. The van der Waals surface area contributed by atoms with Crippen LogP contribution in [0.2, 0.25) is 0 Å². The quantitative estimate of drug-likeness (QED) is 0.395. The predicted molar refractivity (Wildman–Crippen MR) is 114 cm³/mol. The van der Waals surface area contributed by atoms with E-state index in [-0.39, 0.29) is 11.3 Å². The van der Waals surface area contributed by atoms with Crippen LogP contribution >= 0.6 is 11.3 Å². The molecular weight excluding hydrogens is 413 g/mol. The summed E-state index contributed by atoms with van der Waals surface area (Å²) in [5.74, 6) is -1.21. The van der Waals surface area contributed by atoms with E-state index in [9.17, 15) is 13.4 Å². The molecule has 6 nitrogen and oxygen atoms in total. The van der Waals surface area contributed by atoms with Crippen molar-refractivity contribution < 1.29 is 17.9 Å². The van der Waals surface area contributed by atoms with Crippen LogP contribution in [0.1, 0.15) is 10.4 Å². The van der Waals surface area contributed by atoms with Gasteiger partial charge in [-0.2, -0.15) is 0 Å². The molecule has 4 rings (SSSR count). The topological polar surface area (TPSA) is 91.3 Å². The number of hydrogen-bond donors (Lipinski definition) is 3. The van der Waals surface area contributed by atoms with Crippen molar-refractivity contribution in [3.8, 4) is 11.3 Å². The maximum atomic E-state index is 13.4. The normalized spacial score (nSPS) is 11.9. The molecule has 29 heavy (non-hydrogen) atoms. The molecule has 0 aliphatic heterocycles. The molecule has 9 heteroatoms. The summed E-state index contributed by atoms with van der Waals surface area (Å²) >= 11 is -1.19. The molecule has 1 aromatic heterocycles. The Hall–Kier alpha value is -3.14. The molecule has 0 bridgehead atoms. The van der Waals surface area contributed by atoms with Gasteiger partial charge in [0.05, 0.1) is 16.9 Å². The van der Waals surface area contributed by atoms with Gasteiger partial charge >= 0.3 is 0 Å².